The number of thiazole rings is 1. The van der Waals surface area contributed by atoms with Gasteiger partial charge in [0.15, 0.2) is 0 Å². The van der Waals surface area contributed by atoms with Crippen LogP contribution in [0.1, 0.15) is 22.5 Å². The Labute approximate surface area is 75.8 Å². The Morgan fingerprint density at radius 2 is 2.25 bits per heavy atom. The number of hydrogen-bond donors (Lipinski definition) is 1. The third kappa shape index (κ3) is 2.30. The monoisotopic (exact) mass is 184 g/mol. The Morgan fingerprint density at radius 1 is 1.58 bits per heavy atom. The lowest BCUT2D eigenvalue weighted by Gasteiger charge is -1.98. The Hall–Kier alpha value is -0.900. The van der Waals surface area contributed by atoms with Gasteiger partial charge in [-0.25, -0.2) is 4.98 Å². The molecule has 0 unspecified atom stereocenters. The fourth-order valence-electron chi connectivity index (χ4n) is 0.942. The molecular formula is C8H12N2OS. The number of aromatic nitrogens is 1. The van der Waals surface area contributed by atoms with Gasteiger partial charge in [-0.05, 0) is 13.8 Å². The van der Waals surface area contributed by atoms with Gasteiger partial charge in [0.1, 0.15) is 0 Å². The Morgan fingerprint density at radius 3 is 2.67 bits per heavy atom. The van der Waals surface area contributed by atoms with E-state index in [1.807, 2.05) is 13.8 Å². The molecule has 0 radical (unpaired) electrons. The molecule has 1 aromatic heterocycles. The van der Waals surface area contributed by atoms with Crippen LogP contribution in [-0.4, -0.2) is 10.9 Å². The Balaban J connectivity index is 2.62. The van der Waals surface area contributed by atoms with Crippen LogP contribution in [0.2, 0.25) is 0 Å². The molecule has 0 saturated carbocycles. The minimum Gasteiger partial charge on any atom is -0.351 e. The highest BCUT2D eigenvalue weighted by Gasteiger charge is 2.03. The van der Waals surface area contributed by atoms with Crippen LogP contribution >= 0.6 is 11.3 Å². The van der Waals surface area contributed by atoms with Crippen molar-refractivity contribution in [3.8, 4) is 0 Å². The molecule has 0 saturated heterocycles. The van der Waals surface area contributed by atoms with Crippen molar-refractivity contribution in [2.24, 2.45) is 0 Å². The second-order valence-corrected chi connectivity index (χ2v) is 3.94. The van der Waals surface area contributed by atoms with E-state index >= 15 is 0 Å². The number of rotatable bonds is 2. The van der Waals surface area contributed by atoms with Gasteiger partial charge >= 0.3 is 0 Å². The van der Waals surface area contributed by atoms with Crippen LogP contribution in [0.3, 0.4) is 0 Å². The van der Waals surface area contributed by atoms with Gasteiger partial charge in [-0.15, -0.1) is 11.3 Å². The number of carbonyl (C=O) groups excluding carboxylic acids is 1. The van der Waals surface area contributed by atoms with Gasteiger partial charge in [0, 0.05) is 11.8 Å². The van der Waals surface area contributed by atoms with E-state index in [0.717, 1.165) is 15.6 Å². The summed E-state index contributed by atoms with van der Waals surface area (Å²) in [5, 5.41) is 3.80. The topological polar surface area (TPSA) is 42.0 Å². The maximum atomic E-state index is 10.6. The van der Waals surface area contributed by atoms with Crippen LogP contribution in [0.25, 0.3) is 0 Å². The van der Waals surface area contributed by atoms with Crippen LogP contribution < -0.4 is 5.32 Å². The van der Waals surface area contributed by atoms with Crippen LogP contribution in [0, 0.1) is 13.8 Å². The van der Waals surface area contributed by atoms with E-state index in [9.17, 15) is 4.79 Å². The smallest absolute Gasteiger partial charge is 0.217 e. The zero-order valence-electron chi connectivity index (χ0n) is 7.47. The second kappa shape index (κ2) is 3.67. The summed E-state index contributed by atoms with van der Waals surface area (Å²) >= 11 is 1.63. The lowest BCUT2D eigenvalue weighted by Crippen LogP contribution is -2.18. The largest absolute Gasteiger partial charge is 0.351 e. The summed E-state index contributed by atoms with van der Waals surface area (Å²) in [6, 6.07) is 0. The average molecular weight is 184 g/mol. The summed E-state index contributed by atoms with van der Waals surface area (Å²) in [5.41, 5.74) is 1.02. The first-order valence-electron chi connectivity index (χ1n) is 3.77. The number of nitrogens with zero attached hydrogens (tertiary/aromatic N) is 1. The molecule has 66 valence electrons. The quantitative estimate of drug-likeness (QED) is 0.754. The van der Waals surface area contributed by atoms with Crippen molar-refractivity contribution >= 4 is 17.2 Å². The van der Waals surface area contributed by atoms with E-state index in [0.29, 0.717) is 6.54 Å². The highest BCUT2D eigenvalue weighted by molar-refractivity contribution is 7.11. The van der Waals surface area contributed by atoms with Gasteiger partial charge in [-0.2, -0.15) is 0 Å². The van der Waals surface area contributed by atoms with Crippen molar-refractivity contribution in [2.45, 2.75) is 27.3 Å². The van der Waals surface area contributed by atoms with Crippen LogP contribution in [0.5, 0.6) is 0 Å². The minimum atomic E-state index is 0.000420. The van der Waals surface area contributed by atoms with Crippen molar-refractivity contribution < 1.29 is 4.79 Å². The third-order valence-electron chi connectivity index (χ3n) is 1.50. The Kier molecular flexibility index (Phi) is 2.81. The first-order chi connectivity index (χ1) is 5.59. The third-order valence-corrected chi connectivity index (χ3v) is 2.57. The Bertz CT molecular complexity index is 293. The first kappa shape index (κ1) is 9.19. The van der Waals surface area contributed by atoms with Crippen molar-refractivity contribution in [3.05, 3.63) is 15.6 Å². The fraction of sp³-hybridized carbons (Fsp3) is 0.500. The number of nitrogens with one attached hydrogen (secondary N) is 1. The molecule has 1 rings (SSSR count). The highest BCUT2D eigenvalue weighted by atomic mass is 32.1. The molecule has 1 N–H and O–H groups in total. The molecule has 1 aromatic rings. The zero-order valence-corrected chi connectivity index (χ0v) is 8.29. The standard InChI is InChI=1S/C8H12N2OS/c1-5-8(4-9-6(2)11)12-7(3)10-5/h4H2,1-3H3,(H,9,11). The lowest BCUT2D eigenvalue weighted by molar-refractivity contribution is -0.119. The van der Waals surface area contributed by atoms with Gasteiger partial charge in [0.25, 0.3) is 0 Å². The molecule has 0 fully saturated rings. The molecule has 0 aliphatic heterocycles. The molecule has 1 heterocycles. The van der Waals surface area contributed by atoms with Gasteiger partial charge in [-0.1, -0.05) is 0 Å². The fourth-order valence-corrected chi connectivity index (χ4v) is 1.82. The lowest BCUT2D eigenvalue weighted by atomic mass is 10.4. The van der Waals surface area contributed by atoms with E-state index in [-0.39, 0.29) is 5.91 Å². The second-order valence-electron chi connectivity index (χ2n) is 2.65. The van der Waals surface area contributed by atoms with Crippen molar-refractivity contribution in [3.63, 3.8) is 0 Å². The normalized spacial score (nSPS) is 9.92. The molecule has 0 atom stereocenters. The zero-order chi connectivity index (χ0) is 9.14. The predicted molar refractivity (Wildman–Crippen MR) is 49.1 cm³/mol. The molecule has 0 aromatic carbocycles. The summed E-state index contributed by atoms with van der Waals surface area (Å²) in [5.74, 6) is 0.000420. The number of carbonyl (C=O) groups is 1. The summed E-state index contributed by atoms with van der Waals surface area (Å²) < 4.78 is 0. The molecule has 1 amide bonds. The average Bonchev–Trinajstić information content (AvgIpc) is 2.26. The van der Waals surface area contributed by atoms with E-state index in [1.165, 1.54) is 6.92 Å². The van der Waals surface area contributed by atoms with E-state index in [4.69, 9.17) is 0 Å². The number of aryl methyl sites for hydroxylation is 2. The van der Waals surface area contributed by atoms with Gasteiger partial charge in [0.2, 0.25) is 5.91 Å². The van der Waals surface area contributed by atoms with Gasteiger partial charge < -0.3 is 5.32 Å². The summed E-state index contributed by atoms with van der Waals surface area (Å²) in [7, 11) is 0. The van der Waals surface area contributed by atoms with Crippen LogP contribution in [0.15, 0.2) is 0 Å². The van der Waals surface area contributed by atoms with Gasteiger partial charge in [-0.3, -0.25) is 4.79 Å². The van der Waals surface area contributed by atoms with Crippen molar-refractivity contribution in [1.29, 1.82) is 0 Å². The molecule has 0 spiro atoms. The first-order valence-corrected chi connectivity index (χ1v) is 4.58. The van der Waals surface area contributed by atoms with E-state index in [1.54, 1.807) is 11.3 Å². The number of hydrogen-bond acceptors (Lipinski definition) is 3. The summed E-state index contributed by atoms with van der Waals surface area (Å²) in [6.07, 6.45) is 0. The highest BCUT2D eigenvalue weighted by Crippen LogP contribution is 2.16. The summed E-state index contributed by atoms with van der Waals surface area (Å²) in [4.78, 5) is 16.0. The minimum absolute atomic E-state index is 0.000420. The van der Waals surface area contributed by atoms with Crippen LogP contribution in [0.4, 0.5) is 0 Å². The van der Waals surface area contributed by atoms with E-state index < -0.39 is 0 Å². The number of amides is 1. The molecule has 0 aliphatic carbocycles. The summed E-state index contributed by atoms with van der Waals surface area (Å²) in [6.45, 7) is 6.05. The molecule has 4 heteroatoms. The molecule has 0 aliphatic rings. The van der Waals surface area contributed by atoms with Crippen molar-refractivity contribution in [2.75, 3.05) is 0 Å². The predicted octanol–water partition coefficient (Wildman–Crippen LogP) is 1.40. The molecule has 3 nitrogen and oxygen atoms in total. The molecular weight excluding hydrogens is 172 g/mol. The van der Waals surface area contributed by atoms with Crippen LogP contribution in [-0.2, 0) is 11.3 Å². The maximum absolute atomic E-state index is 10.6. The molecule has 0 bridgehead atoms. The maximum Gasteiger partial charge on any atom is 0.217 e. The van der Waals surface area contributed by atoms with Gasteiger partial charge in [0.05, 0.1) is 17.2 Å². The SMILES string of the molecule is CC(=O)NCc1sc(C)nc1C. The van der Waals surface area contributed by atoms with Crippen molar-refractivity contribution in [1.82, 2.24) is 10.3 Å². The van der Waals surface area contributed by atoms with E-state index in [2.05, 4.69) is 10.3 Å². The molecule has 12 heavy (non-hydrogen) atoms.